The highest BCUT2D eigenvalue weighted by atomic mass is 32.2. The lowest BCUT2D eigenvalue weighted by Gasteiger charge is -2.37. The first kappa shape index (κ1) is 25.1. The van der Waals surface area contributed by atoms with Gasteiger partial charge in [-0.25, -0.2) is 4.98 Å². The van der Waals surface area contributed by atoms with Crippen LogP contribution in [0.3, 0.4) is 0 Å². The van der Waals surface area contributed by atoms with Crippen molar-refractivity contribution < 1.29 is 14.3 Å². The van der Waals surface area contributed by atoms with Gasteiger partial charge in [-0.05, 0) is 51.0 Å². The lowest BCUT2D eigenvalue weighted by Crippen LogP contribution is -2.46. The number of rotatable bonds is 8. The Kier molecular flexibility index (Phi) is 8.00. The molecule has 0 aliphatic heterocycles. The topological polar surface area (TPSA) is 73.7 Å². The Bertz CT molecular complexity index is 1250. The van der Waals surface area contributed by atoms with E-state index in [-0.39, 0.29) is 29.3 Å². The fourth-order valence-corrected chi connectivity index (χ4v) is 5.76. The van der Waals surface area contributed by atoms with Crippen LogP contribution in [0.15, 0.2) is 52.4 Å². The SMILES string of the molecule is COc1ccc(-n2c(SCC(=O)N(C(C)C)C3CCCCC3)nc3ccccc3c2=O)cc1OC. The Balaban J connectivity index is 1.71. The molecule has 0 saturated heterocycles. The number of aromatic nitrogens is 2. The fraction of sp³-hybridized carbons (Fsp3) is 0.444. The number of carbonyl (C=O) groups excluding carboxylic acids is 1. The molecule has 7 nitrogen and oxygen atoms in total. The normalized spacial score (nSPS) is 14.3. The van der Waals surface area contributed by atoms with Crippen LogP contribution >= 0.6 is 11.8 Å². The molecule has 186 valence electrons. The van der Waals surface area contributed by atoms with Crippen molar-refractivity contribution in [1.29, 1.82) is 0 Å². The molecule has 1 aliphatic rings. The number of hydrogen-bond acceptors (Lipinski definition) is 6. The van der Waals surface area contributed by atoms with E-state index < -0.39 is 0 Å². The zero-order valence-corrected chi connectivity index (χ0v) is 21.6. The molecule has 8 heteroatoms. The lowest BCUT2D eigenvalue weighted by atomic mass is 9.93. The van der Waals surface area contributed by atoms with E-state index in [1.807, 2.05) is 23.1 Å². The van der Waals surface area contributed by atoms with Crippen molar-refractivity contribution in [2.45, 2.75) is 63.2 Å². The third-order valence-electron chi connectivity index (χ3n) is 6.51. The van der Waals surface area contributed by atoms with Gasteiger partial charge < -0.3 is 14.4 Å². The Morgan fingerprint density at radius 1 is 1.09 bits per heavy atom. The van der Waals surface area contributed by atoms with Gasteiger partial charge in [0.25, 0.3) is 5.56 Å². The molecule has 0 radical (unpaired) electrons. The second-order valence-corrected chi connectivity index (χ2v) is 10.0. The van der Waals surface area contributed by atoms with E-state index in [9.17, 15) is 9.59 Å². The van der Waals surface area contributed by atoms with Crippen molar-refractivity contribution in [2.24, 2.45) is 0 Å². The van der Waals surface area contributed by atoms with Gasteiger partial charge in [-0.2, -0.15) is 0 Å². The molecule has 0 unspecified atom stereocenters. The molecule has 35 heavy (non-hydrogen) atoms. The molecule has 1 heterocycles. The van der Waals surface area contributed by atoms with Crippen LogP contribution in [-0.2, 0) is 4.79 Å². The van der Waals surface area contributed by atoms with Gasteiger partial charge in [0, 0.05) is 18.2 Å². The van der Waals surface area contributed by atoms with Crippen LogP contribution in [0, 0.1) is 0 Å². The number of benzene rings is 2. The number of fused-ring (bicyclic) bond motifs is 1. The highest BCUT2D eigenvalue weighted by Gasteiger charge is 2.28. The zero-order chi connectivity index (χ0) is 24.9. The van der Waals surface area contributed by atoms with Crippen LogP contribution in [0.1, 0.15) is 46.0 Å². The lowest BCUT2D eigenvalue weighted by molar-refractivity contribution is -0.133. The fourth-order valence-electron chi connectivity index (χ4n) is 4.87. The van der Waals surface area contributed by atoms with Crippen LogP contribution in [0.2, 0.25) is 0 Å². The maximum atomic E-state index is 13.6. The number of methoxy groups -OCH3 is 2. The molecule has 4 rings (SSSR count). The number of thioether (sulfide) groups is 1. The summed E-state index contributed by atoms with van der Waals surface area (Å²) in [4.78, 5) is 33.8. The molecule has 1 fully saturated rings. The van der Waals surface area contributed by atoms with Crippen LogP contribution in [0.5, 0.6) is 11.5 Å². The van der Waals surface area contributed by atoms with Crippen molar-refractivity contribution in [1.82, 2.24) is 14.5 Å². The van der Waals surface area contributed by atoms with Gasteiger partial charge in [0.05, 0.1) is 36.6 Å². The smallest absolute Gasteiger partial charge is 0.266 e. The van der Waals surface area contributed by atoms with Gasteiger partial charge in [0.2, 0.25) is 5.91 Å². The summed E-state index contributed by atoms with van der Waals surface area (Å²) in [7, 11) is 3.13. The standard InChI is InChI=1S/C27H33N3O4S/c1-18(2)29(19-10-6-5-7-11-19)25(31)17-35-27-28-22-13-9-8-12-21(22)26(32)30(27)20-14-15-23(33-3)24(16-20)34-4/h8-9,12-16,18-19H,5-7,10-11,17H2,1-4H3. The maximum absolute atomic E-state index is 13.6. The monoisotopic (exact) mass is 495 g/mol. The number of ether oxygens (including phenoxy) is 2. The molecule has 3 aromatic rings. The van der Waals surface area contributed by atoms with Gasteiger partial charge in [-0.15, -0.1) is 0 Å². The first-order valence-electron chi connectivity index (χ1n) is 12.1. The van der Waals surface area contributed by atoms with Crippen LogP contribution in [0.4, 0.5) is 0 Å². The van der Waals surface area contributed by atoms with E-state index in [1.165, 1.54) is 31.0 Å². The van der Waals surface area contributed by atoms with E-state index in [4.69, 9.17) is 14.5 Å². The van der Waals surface area contributed by atoms with E-state index in [2.05, 4.69) is 13.8 Å². The van der Waals surface area contributed by atoms with Crippen molar-refractivity contribution in [2.75, 3.05) is 20.0 Å². The van der Waals surface area contributed by atoms with Crippen molar-refractivity contribution >= 4 is 28.6 Å². The van der Waals surface area contributed by atoms with Crippen molar-refractivity contribution in [3.63, 3.8) is 0 Å². The van der Waals surface area contributed by atoms with Gasteiger partial charge in [-0.1, -0.05) is 43.2 Å². The molecular weight excluding hydrogens is 462 g/mol. The minimum atomic E-state index is -0.189. The average Bonchev–Trinajstić information content (AvgIpc) is 2.87. The number of hydrogen-bond donors (Lipinski definition) is 0. The first-order chi connectivity index (χ1) is 16.9. The molecule has 0 bridgehead atoms. The summed E-state index contributed by atoms with van der Waals surface area (Å²) in [6.07, 6.45) is 5.68. The largest absolute Gasteiger partial charge is 0.493 e. The second kappa shape index (κ2) is 11.2. The minimum Gasteiger partial charge on any atom is -0.493 e. The highest BCUT2D eigenvalue weighted by Crippen LogP contribution is 2.31. The summed E-state index contributed by atoms with van der Waals surface area (Å²) in [5.41, 5.74) is 1.02. The number of amides is 1. The van der Waals surface area contributed by atoms with Gasteiger partial charge >= 0.3 is 0 Å². The number of carbonyl (C=O) groups is 1. The number of para-hydroxylation sites is 1. The van der Waals surface area contributed by atoms with Crippen LogP contribution in [0.25, 0.3) is 16.6 Å². The molecule has 0 atom stereocenters. The first-order valence-corrected chi connectivity index (χ1v) is 13.1. The third-order valence-corrected chi connectivity index (χ3v) is 7.43. The van der Waals surface area contributed by atoms with Crippen LogP contribution in [-0.4, -0.2) is 52.4 Å². The number of nitrogens with zero attached hydrogens (tertiary/aromatic N) is 3. The Labute approximate surface area is 210 Å². The summed E-state index contributed by atoms with van der Waals surface area (Å²) in [6.45, 7) is 4.15. The van der Waals surface area contributed by atoms with E-state index >= 15 is 0 Å². The molecule has 0 spiro atoms. The van der Waals surface area contributed by atoms with Gasteiger partial charge in [-0.3, -0.25) is 14.2 Å². The van der Waals surface area contributed by atoms with Crippen molar-refractivity contribution in [3.05, 3.63) is 52.8 Å². The van der Waals surface area contributed by atoms with E-state index in [0.29, 0.717) is 33.2 Å². The van der Waals surface area contributed by atoms with Crippen molar-refractivity contribution in [3.8, 4) is 17.2 Å². The zero-order valence-electron chi connectivity index (χ0n) is 20.8. The molecule has 0 N–H and O–H groups in total. The minimum absolute atomic E-state index is 0.0816. The molecule has 2 aromatic carbocycles. The Morgan fingerprint density at radius 3 is 2.49 bits per heavy atom. The Hall–Kier alpha value is -3.00. The maximum Gasteiger partial charge on any atom is 0.266 e. The molecule has 1 saturated carbocycles. The van der Waals surface area contributed by atoms with E-state index in [0.717, 1.165) is 12.8 Å². The average molecular weight is 496 g/mol. The summed E-state index contributed by atoms with van der Waals surface area (Å²) in [5.74, 6) is 1.38. The predicted octanol–water partition coefficient (Wildman–Crippen LogP) is 5.06. The molecule has 1 aliphatic carbocycles. The quantitative estimate of drug-likeness (QED) is 0.321. The van der Waals surface area contributed by atoms with Gasteiger partial charge in [0.15, 0.2) is 16.7 Å². The molecule has 1 amide bonds. The summed E-state index contributed by atoms with van der Waals surface area (Å²) in [6, 6.07) is 13.0. The molecule has 1 aromatic heterocycles. The predicted molar refractivity (Wildman–Crippen MR) is 140 cm³/mol. The summed E-state index contributed by atoms with van der Waals surface area (Å²) in [5, 5.41) is 0.991. The van der Waals surface area contributed by atoms with E-state index in [1.54, 1.807) is 43.1 Å². The summed E-state index contributed by atoms with van der Waals surface area (Å²) >= 11 is 1.30. The highest BCUT2D eigenvalue weighted by molar-refractivity contribution is 7.99. The summed E-state index contributed by atoms with van der Waals surface area (Å²) < 4.78 is 12.4. The van der Waals surface area contributed by atoms with Gasteiger partial charge in [0.1, 0.15) is 0 Å². The Morgan fingerprint density at radius 2 is 1.80 bits per heavy atom. The molecular formula is C27H33N3O4S. The second-order valence-electron chi connectivity index (χ2n) is 9.07. The third kappa shape index (κ3) is 5.32. The van der Waals surface area contributed by atoms with Crippen LogP contribution < -0.4 is 15.0 Å².